The van der Waals surface area contributed by atoms with Gasteiger partial charge in [-0.05, 0) is 12.0 Å². The Morgan fingerprint density at radius 2 is 1.87 bits per heavy atom. The molecule has 0 N–H and O–H groups in total. The molecule has 0 saturated carbocycles. The first-order chi connectivity index (χ1) is 14.6. The first kappa shape index (κ1) is 21.5. The maximum absolute atomic E-state index is 13.1. The third kappa shape index (κ3) is 4.68. The largest absolute Gasteiger partial charge is 0.464 e. The lowest BCUT2D eigenvalue weighted by atomic mass is 10.2. The van der Waals surface area contributed by atoms with Crippen LogP contribution in [0.15, 0.2) is 46.2 Å². The Hall–Kier alpha value is -3.20. The molecule has 0 radical (unpaired) electrons. The number of methoxy groups -OCH3 is 1. The average molecular weight is 414 g/mol. The van der Waals surface area contributed by atoms with E-state index in [9.17, 15) is 14.4 Å². The molecule has 3 rings (SSSR count). The molecule has 30 heavy (non-hydrogen) atoms. The highest BCUT2D eigenvalue weighted by atomic mass is 16.5. The number of hydrogen-bond acceptors (Lipinski definition) is 6. The molecule has 0 fully saturated rings. The van der Waals surface area contributed by atoms with Crippen molar-refractivity contribution >= 4 is 17.1 Å². The SMILES string of the molecule is CCCCOC(=O)Cn1c(=O)c2c(ncn2CCOC)n(Cc2ccccc2)c1=O. The van der Waals surface area contributed by atoms with E-state index < -0.39 is 23.8 Å². The van der Waals surface area contributed by atoms with Crippen molar-refractivity contribution in [2.75, 3.05) is 20.3 Å². The van der Waals surface area contributed by atoms with Gasteiger partial charge in [-0.15, -0.1) is 0 Å². The van der Waals surface area contributed by atoms with Crippen LogP contribution in [0.1, 0.15) is 25.3 Å². The maximum Gasteiger partial charge on any atom is 0.333 e. The van der Waals surface area contributed by atoms with E-state index in [0.29, 0.717) is 13.2 Å². The second kappa shape index (κ2) is 10.0. The number of nitrogens with zero attached hydrogens (tertiary/aromatic N) is 4. The zero-order valence-electron chi connectivity index (χ0n) is 17.2. The lowest BCUT2D eigenvalue weighted by Crippen LogP contribution is -2.42. The maximum atomic E-state index is 13.1. The van der Waals surface area contributed by atoms with Gasteiger partial charge in [-0.25, -0.2) is 14.3 Å². The lowest BCUT2D eigenvalue weighted by Gasteiger charge is -2.12. The van der Waals surface area contributed by atoms with Gasteiger partial charge in [0.1, 0.15) is 6.54 Å². The van der Waals surface area contributed by atoms with Gasteiger partial charge in [0, 0.05) is 13.7 Å². The molecule has 0 aliphatic rings. The van der Waals surface area contributed by atoms with Crippen LogP contribution in [0, 0.1) is 0 Å². The number of unbranched alkanes of at least 4 members (excludes halogenated alkanes) is 1. The number of carbonyl (C=O) groups is 1. The van der Waals surface area contributed by atoms with Gasteiger partial charge < -0.3 is 14.0 Å². The molecule has 0 atom stereocenters. The summed E-state index contributed by atoms with van der Waals surface area (Å²) in [5, 5.41) is 0. The molecule has 2 aromatic heterocycles. The van der Waals surface area contributed by atoms with E-state index in [2.05, 4.69) is 4.98 Å². The van der Waals surface area contributed by atoms with Gasteiger partial charge in [0.25, 0.3) is 5.56 Å². The van der Waals surface area contributed by atoms with Crippen LogP contribution in [0.4, 0.5) is 0 Å². The summed E-state index contributed by atoms with van der Waals surface area (Å²) in [6.07, 6.45) is 3.11. The zero-order valence-corrected chi connectivity index (χ0v) is 17.2. The molecule has 0 saturated heterocycles. The minimum absolute atomic E-state index is 0.225. The molecule has 1 aromatic carbocycles. The molecule has 3 aromatic rings. The summed E-state index contributed by atoms with van der Waals surface area (Å²) >= 11 is 0. The Morgan fingerprint density at radius 1 is 1.10 bits per heavy atom. The molecule has 0 aliphatic heterocycles. The van der Waals surface area contributed by atoms with E-state index in [-0.39, 0.29) is 24.3 Å². The van der Waals surface area contributed by atoms with E-state index in [1.54, 1.807) is 11.7 Å². The van der Waals surface area contributed by atoms with Crippen molar-refractivity contribution in [2.45, 2.75) is 39.4 Å². The highest BCUT2D eigenvalue weighted by Crippen LogP contribution is 2.10. The summed E-state index contributed by atoms with van der Waals surface area (Å²) in [6.45, 7) is 2.80. The molecule has 2 heterocycles. The van der Waals surface area contributed by atoms with Crippen molar-refractivity contribution in [2.24, 2.45) is 0 Å². The summed E-state index contributed by atoms with van der Waals surface area (Å²) in [5.41, 5.74) is 0.244. The Labute approximate surface area is 173 Å². The molecular formula is C21H26N4O5. The van der Waals surface area contributed by atoms with Gasteiger partial charge in [-0.2, -0.15) is 0 Å². The smallest absolute Gasteiger partial charge is 0.333 e. The predicted molar refractivity (Wildman–Crippen MR) is 112 cm³/mol. The van der Waals surface area contributed by atoms with Crippen molar-refractivity contribution in [1.29, 1.82) is 0 Å². The van der Waals surface area contributed by atoms with Crippen molar-refractivity contribution in [1.82, 2.24) is 18.7 Å². The molecule has 9 heteroatoms. The minimum atomic E-state index is -0.615. The Morgan fingerprint density at radius 3 is 2.57 bits per heavy atom. The van der Waals surface area contributed by atoms with Crippen molar-refractivity contribution < 1.29 is 14.3 Å². The zero-order chi connectivity index (χ0) is 21.5. The molecule has 9 nitrogen and oxygen atoms in total. The minimum Gasteiger partial charge on any atom is -0.464 e. The fraction of sp³-hybridized carbons (Fsp3) is 0.429. The Kier molecular flexibility index (Phi) is 7.18. The van der Waals surface area contributed by atoms with E-state index in [1.807, 2.05) is 37.3 Å². The molecule has 0 bridgehead atoms. The molecule has 0 aliphatic carbocycles. The predicted octanol–water partition coefficient (Wildman–Crippen LogP) is 1.40. The number of fused-ring (bicyclic) bond motifs is 1. The number of ether oxygens (including phenoxy) is 2. The van der Waals surface area contributed by atoms with Crippen LogP contribution in [0.2, 0.25) is 0 Å². The number of carbonyl (C=O) groups excluding carboxylic acids is 1. The van der Waals surface area contributed by atoms with Gasteiger partial charge in [0.05, 0.1) is 26.1 Å². The molecule has 160 valence electrons. The van der Waals surface area contributed by atoms with Gasteiger partial charge >= 0.3 is 11.7 Å². The van der Waals surface area contributed by atoms with Gasteiger partial charge in [0.15, 0.2) is 11.2 Å². The van der Waals surface area contributed by atoms with E-state index in [0.717, 1.165) is 23.0 Å². The third-order valence-electron chi connectivity index (χ3n) is 4.75. The number of hydrogen-bond donors (Lipinski definition) is 0. The van der Waals surface area contributed by atoms with Crippen molar-refractivity contribution in [3.8, 4) is 0 Å². The van der Waals surface area contributed by atoms with E-state index in [1.165, 1.54) is 10.9 Å². The highest BCUT2D eigenvalue weighted by molar-refractivity contribution is 5.72. The van der Waals surface area contributed by atoms with Crippen LogP contribution in [0.5, 0.6) is 0 Å². The number of esters is 1. The van der Waals surface area contributed by atoms with Crippen LogP contribution in [0.25, 0.3) is 11.2 Å². The fourth-order valence-electron chi connectivity index (χ4n) is 3.15. The van der Waals surface area contributed by atoms with Crippen LogP contribution in [0.3, 0.4) is 0 Å². The fourth-order valence-corrected chi connectivity index (χ4v) is 3.15. The van der Waals surface area contributed by atoms with Crippen LogP contribution in [-0.2, 0) is 33.9 Å². The summed E-state index contributed by atoms with van der Waals surface area (Å²) in [4.78, 5) is 42.8. The van der Waals surface area contributed by atoms with Gasteiger partial charge in [0.2, 0.25) is 0 Å². The molecular weight excluding hydrogens is 388 g/mol. The Bertz CT molecular complexity index is 1110. The first-order valence-electron chi connectivity index (χ1n) is 9.93. The number of aromatic nitrogens is 4. The standard InChI is InChI=1S/C21H26N4O5/c1-3-4-11-30-17(26)14-25-20(27)18-19(22-15-23(18)10-12-29-2)24(21(25)28)13-16-8-6-5-7-9-16/h5-9,15H,3-4,10-14H2,1-2H3. The number of benzene rings is 1. The van der Waals surface area contributed by atoms with E-state index >= 15 is 0 Å². The van der Waals surface area contributed by atoms with Crippen LogP contribution < -0.4 is 11.2 Å². The van der Waals surface area contributed by atoms with Gasteiger partial charge in [-0.3, -0.25) is 14.2 Å². The first-order valence-corrected chi connectivity index (χ1v) is 9.93. The number of rotatable bonds is 10. The lowest BCUT2D eigenvalue weighted by molar-refractivity contribution is -0.144. The Balaban J connectivity index is 2.08. The molecule has 0 unspecified atom stereocenters. The van der Waals surface area contributed by atoms with Gasteiger partial charge in [-0.1, -0.05) is 43.7 Å². The van der Waals surface area contributed by atoms with E-state index in [4.69, 9.17) is 9.47 Å². The normalized spacial score (nSPS) is 11.1. The monoisotopic (exact) mass is 414 g/mol. The molecule has 0 spiro atoms. The summed E-state index contributed by atoms with van der Waals surface area (Å²) in [5.74, 6) is -0.615. The van der Waals surface area contributed by atoms with Crippen molar-refractivity contribution in [3.63, 3.8) is 0 Å². The summed E-state index contributed by atoms with van der Waals surface area (Å²) < 4.78 is 14.2. The topological polar surface area (TPSA) is 97.3 Å². The number of imidazole rings is 1. The van der Waals surface area contributed by atoms with Crippen molar-refractivity contribution in [3.05, 3.63) is 63.1 Å². The summed E-state index contributed by atoms with van der Waals surface area (Å²) in [7, 11) is 1.56. The second-order valence-electron chi connectivity index (χ2n) is 6.92. The third-order valence-corrected chi connectivity index (χ3v) is 4.75. The van der Waals surface area contributed by atoms with Crippen LogP contribution in [-0.4, -0.2) is 45.0 Å². The highest BCUT2D eigenvalue weighted by Gasteiger charge is 2.20. The van der Waals surface area contributed by atoms with Crippen LogP contribution >= 0.6 is 0 Å². The average Bonchev–Trinajstić information content (AvgIpc) is 3.17. The second-order valence-corrected chi connectivity index (χ2v) is 6.92. The summed E-state index contributed by atoms with van der Waals surface area (Å²) in [6, 6.07) is 9.39. The quantitative estimate of drug-likeness (QED) is 0.367. The molecule has 0 amide bonds.